The van der Waals surface area contributed by atoms with Crippen molar-refractivity contribution in [3.8, 4) is 0 Å². The summed E-state index contributed by atoms with van der Waals surface area (Å²) in [6.45, 7) is -0.553. The third-order valence-corrected chi connectivity index (χ3v) is 5.09. The van der Waals surface area contributed by atoms with Crippen LogP contribution in [0.15, 0.2) is 53.0 Å². The van der Waals surface area contributed by atoms with Crippen molar-refractivity contribution in [2.45, 2.75) is 6.42 Å². The van der Waals surface area contributed by atoms with Crippen LogP contribution < -0.4 is 10.7 Å². The number of nitrogens with one attached hydrogen (secondary N) is 2. The van der Waals surface area contributed by atoms with Crippen molar-refractivity contribution in [1.82, 2.24) is 10.4 Å². The lowest BCUT2D eigenvalue weighted by atomic mass is 10.1. The zero-order valence-corrected chi connectivity index (χ0v) is 17.9. The molecule has 1 fully saturated rings. The Kier molecular flexibility index (Phi) is 7.07. The zero-order chi connectivity index (χ0) is 21.7. The summed E-state index contributed by atoms with van der Waals surface area (Å²) in [6.07, 6.45) is -0.117. The Bertz CT molecular complexity index is 986. The Balaban J connectivity index is 1.48. The quantitative estimate of drug-likeness (QED) is 0.601. The monoisotopic (exact) mass is 493 g/mol. The minimum absolute atomic E-state index is 0.0313. The second-order valence-electron chi connectivity index (χ2n) is 6.49. The number of halogens is 2. The number of amides is 3. The van der Waals surface area contributed by atoms with Crippen molar-refractivity contribution in [1.29, 1.82) is 0 Å². The van der Waals surface area contributed by atoms with Crippen LogP contribution in [0.25, 0.3) is 0 Å². The summed E-state index contributed by atoms with van der Waals surface area (Å²) >= 11 is 9.29. The van der Waals surface area contributed by atoms with E-state index in [2.05, 4.69) is 26.7 Å². The first-order valence-corrected chi connectivity index (χ1v) is 10.1. The highest BCUT2D eigenvalue weighted by molar-refractivity contribution is 9.10. The van der Waals surface area contributed by atoms with Crippen LogP contribution in [-0.2, 0) is 19.1 Å². The molecule has 3 amide bonds. The molecule has 30 heavy (non-hydrogen) atoms. The summed E-state index contributed by atoms with van der Waals surface area (Å²) in [6, 6.07) is 13.3. The van der Waals surface area contributed by atoms with E-state index in [-0.39, 0.29) is 13.0 Å². The average Bonchev–Trinajstić information content (AvgIpc) is 3.09. The number of rotatable bonds is 6. The van der Waals surface area contributed by atoms with Crippen LogP contribution in [0.5, 0.6) is 0 Å². The van der Waals surface area contributed by atoms with Gasteiger partial charge in [-0.3, -0.25) is 29.6 Å². The van der Waals surface area contributed by atoms with Crippen LogP contribution in [0.4, 0.5) is 5.69 Å². The van der Waals surface area contributed by atoms with Gasteiger partial charge >= 0.3 is 5.97 Å². The maximum Gasteiger partial charge on any atom is 0.311 e. The molecule has 0 aliphatic carbocycles. The molecule has 2 N–H and O–H groups in total. The molecule has 0 unspecified atom stereocenters. The predicted molar refractivity (Wildman–Crippen MR) is 112 cm³/mol. The van der Waals surface area contributed by atoms with Gasteiger partial charge in [0.05, 0.1) is 23.2 Å². The van der Waals surface area contributed by atoms with E-state index < -0.39 is 36.2 Å². The van der Waals surface area contributed by atoms with Gasteiger partial charge in [0.1, 0.15) is 0 Å². The van der Waals surface area contributed by atoms with Gasteiger partial charge in [-0.1, -0.05) is 45.7 Å². The van der Waals surface area contributed by atoms with Gasteiger partial charge in [-0.2, -0.15) is 0 Å². The molecular weight excluding hydrogens is 478 g/mol. The smallest absolute Gasteiger partial charge is 0.311 e. The van der Waals surface area contributed by atoms with Gasteiger partial charge in [0, 0.05) is 16.5 Å². The van der Waals surface area contributed by atoms with Gasteiger partial charge in [-0.25, -0.2) is 0 Å². The van der Waals surface area contributed by atoms with E-state index in [4.69, 9.17) is 16.3 Å². The second kappa shape index (κ2) is 9.73. The number of benzene rings is 2. The van der Waals surface area contributed by atoms with Gasteiger partial charge in [0.25, 0.3) is 11.8 Å². The highest BCUT2D eigenvalue weighted by Gasteiger charge is 2.36. The molecule has 10 heteroatoms. The van der Waals surface area contributed by atoms with Crippen molar-refractivity contribution in [2.24, 2.45) is 5.92 Å². The van der Waals surface area contributed by atoms with E-state index in [1.807, 2.05) is 0 Å². The Morgan fingerprint density at radius 1 is 1.17 bits per heavy atom. The highest BCUT2D eigenvalue weighted by atomic mass is 79.9. The number of nitrogens with zero attached hydrogens (tertiary/aromatic N) is 1. The minimum atomic E-state index is -0.780. The van der Waals surface area contributed by atoms with Crippen LogP contribution in [-0.4, -0.2) is 41.9 Å². The van der Waals surface area contributed by atoms with E-state index in [0.29, 0.717) is 16.3 Å². The molecule has 1 aliphatic heterocycles. The molecule has 3 rings (SSSR count). The fraction of sp³-hybridized carbons (Fsp3) is 0.200. The summed E-state index contributed by atoms with van der Waals surface area (Å²) in [5.74, 6) is -2.91. The summed E-state index contributed by atoms with van der Waals surface area (Å²) in [5.41, 5.74) is 3.25. The summed E-state index contributed by atoms with van der Waals surface area (Å²) in [4.78, 5) is 48.5. The zero-order valence-electron chi connectivity index (χ0n) is 15.6. The van der Waals surface area contributed by atoms with E-state index in [9.17, 15) is 19.2 Å². The number of hydrogen-bond acceptors (Lipinski definition) is 5. The molecule has 0 saturated carbocycles. The lowest BCUT2D eigenvalue weighted by Gasteiger charge is -2.17. The Morgan fingerprint density at radius 3 is 2.60 bits per heavy atom. The molecule has 0 radical (unpaired) electrons. The van der Waals surface area contributed by atoms with Crippen molar-refractivity contribution < 1.29 is 23.9 Å². The molecule has 0 bridgehead atoms. The number of esters is 1. The van der Waals surface area contributed by atoms with Crippen molar-refractivity contribution in [3.05, 3.63) is 63.6 Å². The van der Waals surface area contributed by atoms with Crippen LogP contribution in [0.3, 0.4) is 0 Å². The molecule has 2 aromatic carbocycles. The third-order valence-electron chi connectivity index (χ3n) is 4.28. The first-order valence-electron chi connectivity index (χ1n) is 8.91. The fourth-order valence-electron chi connectivity index (χ4n) is 2.78. The molecular formula is C20H17BrClN3O5. The summed E-state index contributed by atoms with van der Waals surface area (Å²) in [5, 5.41) is 3.96. The van der Waals surface area contributed by atoms with E-state index in [1.54, 1.807) is 48.5 Å². The lowest BCUT2D eigenvalue weighted by Crippen LogP contribution is -2.43. The lowest BCUT2D eigenvalue weighted by molar-refractivity contribution is -0.151. The number of anilines is 1. The average molecular weight is 495 g/mol. The van der Waals surface area contributed by atoms with Gasteiger partial charge in [-0.05, 0) is 30.3 Å². The Morgan fingerprint density at radius 2 is 1.90 bits per heavy atom. The topological polar surface area (TPSA) is 105 Å². The van der Waals surface area contributed by atoms with Crippen molar-refractivity contribution >= 4 is 56.9 Å². The normalized spacial score (nSPS) is 15.6. The largest absolute Gasteiger partial charge is 0.455 e. The van der Waals surface area contributed by atoms with Crippen LogP contribution in [0, 0.1) is 5.92 Å². The van der Waals surface area contributed by atoms with Crippen LogP contribution in [0.2, 0.25) is 5.02 Å². The maximum atomic E-state index is 12.2. The SMILES string of the molecule is O=C(COC(=O)[C@H]1CC(=O)N(NC(=O)c2ccccc2)C1)Nc1ccc(Br)cc1Cl. The summed E-state index contributed by atoms with van der Waals surface area (Å²) < 4.78 is 5.77. The Labute approximate surface area is 185 Å². The minimum Gasteiger partial charge on any atom is -0.455 e. The first-order chi connectivity index (χ1) is 14.3. The predicted octanol–water partition coefficient (Wildman–Crippen LogP) is 2.78. The fourth-order valence-corrected chi connectivity index (χ4v) is 3.50. The molecule has 1 atom stereocenters. The standard InChI is InChI=1S/C20H17BrClN3O5/c21-14-6-7-16(15(22)9-14)23-17(26)11-30-20(29)13-8-18(27)25(10-13)24-19(28)12-4-2-1-3-5-12/h1-7,9,13H,8,10-11H2,(H,23,26)(H,24,28)/t13-/m0/s1. The number of hydrazine groups is 1. The van der Waals surface area contributed by atoms with Gasteiger partial charge in [0.15, 0.2) is 6.61 Å². The Hall–Kier alpha value is -2.91. The first kappa shape index (κ1) is 21.8. The van der Waals surface area contributed by atoms with E-state index in [1.165, 1.54) is 0 Å². The molecule has 0 spiro atoms. The number of carbonyl (C=O) groups excluding carboxylic acids is 4. The molecule has 1 saturated heterocycles. The third kappa shape index (κ3) is 5.58. The van der Waals surface area contributed by atoms with E-state index in [0.717, 1.165) is 9.48 Å². The number of hydrogen-bond donors (Lipinski definition) is 2. The molecule has 0 aromatic heterocycles. The molecule has 8 nitrogen and oxygen atoms in total. The summed E-state index contributed by atoms with van der Waals surface area (Å²) in [7, 11) is 0. The number of ether oxygens (including phenoxy) is 1. The second-order valence-corrected chi connectivity index (χ2v) is 7.82. The van der Waals surface area contributed by atoms with Crippen molar-refractivity contribution in [3.63, 3.8) is 0 Å². The molecule has 2 aromatic rings. The van der Waals surface area contributed by atoms with Gasteiger partial charge in [0.2, 0.25) is 5.91 Å². The van der Waals surface area contributed by atoms with Crippen LogP contribution in [0.1, 0.15) is 16.8 Å². The van der Waals surface area contributed by atoms with Crippen LogP contribution >= 0.6 is 27.5 Å². The van der Waals surface area contributed by atoms with E-state index >= 15 is 0 Å². The molecule has 1 heterocycles. The number of carbonyl (C=O) groups is 4. The highest BCUT2D eigenvalue weighted by Crippen LogP contribution is 2.25. The van der Waals surface area contributed by atoms with Gasteiger partial charge < -0.3 is 10.1 Å². The molecule has 156 valence electrons. The maximum absolute atomic E-state index is 12.2. The van der Waals surface area contributed by atoms with Gasteiger partial charge in [-0.15, -0.1) is 0 Å². The molecule has 1 aliphatic rings. The van der Waals surface area contributed by atoms with Crippen molar-refractivity contribution in [2.75, 3.05) is 18.5 Å².